The van der Waals surface area contributed by atoms with Gasteiger partial charge in [0, 0.05) is 42.8 Å². The van der Waals surface area contributed by atoms with Crippen LogP contribution in [0.25, 0.3) is 22.0 Å². The van der Waals surface area contributed by atoms with Crippen LogP contribution in [0, 0.1) is 0 Å². The molecule has 0 saturated carbocycles. The van der Waals surface area contributed by atoms with Gasteiger partial charge in [-0.3, -0.25) is 4.79 Å². The minimum absolute atomic E-state index is 0.181. The molecule has 2 aliphatic heterocycles. The highest BCUT2D eigenvalue weighted by atomic mass is 35.5. The normalized spacial score (nSPS) is 19.5. The molecule has 11 nitrogen and oxygen atoms in total. The number of fused-ring (bicyclic) bond motifs is 1. The maximum atomic E-state index is 11.9. The first kappa shape index (κ1) is 29.2. The molecule has 2 N–H and O–H groups in total. The van der Waals surface area contributed by atoms with Crippen LogP contribution in [-0.2, 0) is 19.0 Å². The average molecular weight is 604 g/mol. The molecule has 13 heteroatoms. The Morgan fingerprint density at radius 1 is 1.07 bits per heavy atom. The standard InChI is InChI=1S/C28H31Cl2N5O6/c1-6-23(36)33-19-12-41-11-18(19)32-22-8-16-15(10-31-22)7-17(34-27(16)35-13-28(14-35,39-4)40-5)24-25(29)20(37-2)9-21(38-3)26(24)30/h6-10,18-19H,1,11-14H2,2-5H3,(H,31,32)(H,33,36)/t18-,19+/m1/s1. The molecule has 0 bridgehead atoms. The number of pyridine rings is 2. The zero-order valence-electron chi connectivity index (χ0n) is 23.1. The minimum Gasteiger partial charge on any atom is -0.495 e. The molecule has 218 valence electrons. The zero-order chi connectivity index (χ0) is 29.3. The lowest BCUT2D eigenvalue weighted by atomic mass is 10.0. The Morgan fingerprint density at radius 2 is 1.73 bits per heavy atom. The molecular weight excluding hydrogens is 573 g/mol. The SMILES string of the molecule is C=CC(=O)N[C@H]1COC[C@H]1Nc1cc2c(N3CC(OC)(OC)C3)nc(-c3c(Cl)c(OC)cc(OC)c3Cl)cc2cn1. The second-order valence-electron chi connectivity index (χ2n) is 9.69. The number of carbonyl (C=O) groups is 1. The largest absolute Gasteiger partial charge is 0.495 e. The van der Waals surface area contributed by atoms with Crippen molar-refractivity contribution in [3.05, 3.63) is 47.1 Å². The summed E-state index contributed by atoms with van der Waals surface area (Å²) in [7, 11) is 6.27. The van der Waals surface area contributed by atoms with Crippen LogP contribution >= 0.6 is 23.2 Å². The summed E-state index contributed by atoms with van der Waals surface area (Å²) in [4.78, 5) is 23.6. The Bertz CT molecular complexity index is 1450. The fraction of sp³-hybridized carbons (Fsp3) is 0.393. The van der Waals surface area contributed by atoms with Gasteiger partial charge >= 0.3 is 0 Å². The van der Waals surface area contributed by atoms with Crippen molar-refractivity contribution in [1.82, 2.24) is 15.3 Å². The number of hydrogen-bond acceptors (Lipinski definition) is 10. The minimum atomic E-state index is -0.746. The van der Waals surface area contributed by atoms with Gasteiger partial charge < -0.3 is 39.2 Å². The number of carbonyl (C=O) groups excluding carboxylic acids is 1. The summed E-state index contributed by atoms with van der Waals surface area (Å²) in [6.07, 6.45) is 2.99. The van der Waals surface area contributed by atoms with Crippen molar-refractivity contribution in [3.63, 3.8) is 0 Å². The van der Waals surface area contributed by atoms with Gasteiger partial charge in [0.25, 0.3) is 0 Å². The molecule has 1 aromatic carbocycles. The molecule has 2 atom stereocenters. The van der Waals surface area contributed by atoms with E-state index >= 15 is 0 Å². The number of amides is 1. The molecule has 4 heterocycles. The van der Waals surface area contributed by atoms with E-state index in [2.05, 4.69) is 22.2 Å². The van der Waals surface area contributed by atoms with Crippen LogP contribution in [0.2, 0.25) is 10.0 Å². The number of nitrogens with one attached hydrogen (secondary N) is 2. The molecular formula is C28H31Cl2N5O6. The second kappa shape index (κ2) is 11.9. The van der Waals surface area contributed by atoms with Crippen molar-refractivity contribution in [1.29, 1.82) is 0 Å². The smallest absolute Gasteiger partial charge is 0.243 e. The number of methoxy groups -OCH3 is 4. The summed E-state index contributed by atoms with van der Waals surface area (Å²) >= 11 is 13.5. The van der Waals surface area contributed by atoms with Gasteiger partial charge in [0.05, 0.1) is 68.3 Å². The third kappa shape index (κ3) is 5.47. The number of aromatic nitrogens is 2. The molecule has 2 fully saturated rings. The van der Waals surface area contributed by atoms with Crippen molar-refractivity contribution in [2.75, 3.05) is 65.0 Å². The Morgan fingerprint density at radius 3 is 2.34 bits per heavy atom. The Balaban J connectivity index is 1.59. The van der Waals surface area contributed by atoms with Gasteiger partial charge in [-0.1, -0.05) is 29.8 Å². The molecule has 0 radical (unpaired) electrons. The number of nitrogens with zero attached hydrogens (tertiary/aromatic N) is 3. The lowest BCUT2D eigenvalue weighted by molar-refractivity contribution is -0.219. The first-order chi connectivity index (χ1) is 19.8. The third-order valence-electron chi connectivity index (χ3n) is 7.36. The molecule has 1 amide bonds. The molecule has 41 heavy (non-hydrogen) atoms. The third-order valence-corrected chi connectivity index (χ3v) is 8.11. The number of hydrogen-bond donors (Lipinski definition) is 2. The lowest BCUT2D eigenvalue weighted by Crippen LogP contribution is -2.64. The summed E-state index contributed by atoms with van der Waals surface area (Å²) in [6, 6.07) is 5.01. The average Bonchev–Trinajstić information content (AvgIpc) is 3.39. The predicted octanol–water partition coefficient (Wildman–Crippen LogP) is 3.91. The second-order valence-corrected chi connectivity index (χ2v) is 10.4. The molecule has 0 aliphatic carbocycles. The molecule has 2 aliphatic rings. The number of benzene rings is 1. The van der Waals surface area contributed by atoms with Crippen LogP contribution in [0.1, 0.15) is 0 Å². The number of anilines is 2. The van der Waals surface area contributed by atoms with Gasteiger partial charge in [0.1, 0.15) is 23.1 Å². The van der Waals surface area contributed by atoms with E-state index in [4.69, 9.17) is 51.9 Å². The molecule has 5 rings (SSSR count). The summed E-state index contributed by atoms with van der Waals surface area (Å²) in [6.45, 7) is 5.22. The van der Waals surface area contributed by atoms with E-state index in [0.717, 1.165) is 10.8 Å². The van der Waals surface area contributed by atoms with Crippen LogP contribution in [0.4, 0.5) is 11.6 Å². The van der Waals surface area contributed by atoms with Gasteiger partial charge in [-0.15, -0.1) is 0 Å². The molecule has 0 unspecified atom stereocenters. The van der Waals surface area contributed by atoms with Crippen molar-refractivity contribution >= 4 is 51.5 Å². The fourth-order valence-electron chi connectivity index (χ4n) is 4.98. The summed E-state index contributed by atoms with van der Waals surface area (Å²) < 4.78 is 27.8. The topological polar surface area (TPSA) is 116 Å². The van der Waals surface area contributed by atoms with Crippen molar-refractivity contribution in [3.8, 4) is 22.8 Å². The zero-order valence-corrected chi connectivity index (χ0v) is 24.6. The molecule has 0 spiro atoms. The maximum absolute atomic E-state index is 11.9. The van der Waals surface area contributed by atoms with E-state index in [1.54, 1.807) is 26.5 Å². The van der Waals surface area contributed by atoms with Gasteiger partial charge in [0.2, 0.25) is 11.7 Å². The Kier molecular flexibility index (Phi) is 8.44. The van der Waals surface area contributed by atoms with Gasteiger partial charge in [-0.2, -0.15) is 0 Å². The summed E-state index contributed by atoms with van der Waals surface area (Å²) in [5, 5.41) is 8.54. The first-order valence-corrected chi connectivity index (χ1v) is 13.6. The molecule has 3 aromatic rings. The van der Waals surface area contributed by atoms with E-state index in [1.807, 2.05) is 17.0 Å². The van der Waals surface area contributed by atoms with Crippen molar-refractivity contribution in [2.45, 2.75) is 17.9 Å². The highest BCUT2D eigenvalue weighted by Crippen LogP contribution is 2.47. The van der Waals surface area contributed by atoms with E-state index in [1.165, 1.54) is 20.3 Å². The molecule has 2 saturated heterocycles. The van der Waals surface area contributed by atoms with Crippen LogP contribution in [0.5, 0.6) is 11.5 Å². The van der Waals surface area contributed by atoms with Crippen LogP contribution < -0.4 is 25.0 Å². The van der Waals surface area contributed by atoms with E-state index in [9.17, 15) is 4.79 Å². The van der Waals surface area contributed by atoms with Gasteiger partial charge in [0.15, 0.2) is 0 Å². The van der Waals surface area contributed by atoms with Gasteiger partial charge in [-0.25, -0.2) is 9.97 Å². The van der Waals surface area contributed by atoms with E-state index in [-0.39, 0.29) is 18.0 Å². The van der Waals surface area contributed by atoms with Crippen molar-refractivity contribution in [2.24, 2.45) is 0 Å². The maximum Gasteiger partial charge on any atom is 0.243 e. The van der Waals surface area contributed by atoms with Crippen LogP contribution in [0.3, 0.4) is 0 Å². The number of ether oxygens (including phenoxy) is 5. The highest BCUT2D eigenvalue weighted by Gasteiger charge is 2.45. The van der Waals surface area contributed by atoms with Crippen molar-refractivity contribution < 1.29 is 28.5 Å². The first-order valence-electron chi connectivity index (χ1n) is 12.8. The van der Waals surface area contributed by atoms with E-state index < -0.39 is 5.79 Å². The van der Waals surface area contributed by atoms with Crippen LogP contribution in [0.15, 0.2) is 37.1 Å². The number of rotatable bonds is 10. The Labute approximate surface area is 247 Å². The lowest BCUT2D eigenvalue weighted by Gasteiger charge is -2.48. The highest BCUT2D eigenvalue weighted by molar-refractivity contribution is 6.41. The fourth-order valence-corrected chi connectivity index (χ4v) is 5.68. The summed E-state index contributed by atoms with van der Waals surface area (Å²) in [5.41, 5.74) is 0.995. The van der Waals surface area contributed by atoms with Crippen LogP contribution in [-0.4, -0.2) is 88.5 Å². The summed E-state index contributed by atoms with van der Waals surface area (Å²) in [5.74, 6) is 1.07. The monoisotopic (exact) mass is 603 g/mol. The Hall–Kier alpha value is -3.35. The molecule has 2 aromatic heterocycles. The van der Waals surface area contributed by atoms with E-state index in [0.29, 0.717) is 70.7 Å². The quantitative estimate of drug-likeness (QED) is 0.261. The van der Waals surface area contributed by atoms with Gasteiger partial charge in [-0.05, 0) is 18.2 Å². The predicted molar refractivity (Wildman–Crippen MR) is 157 cm³/mol. The number of halogens is 2.